The molecule has 2 rings (SSSR count). The van der Waals surface area contributed by atoms with E-state index in [0.717, 1.165) is 17.8 Å². The lowest BCUT2D eigenvalue weighted by Crippen LogP contribution is -2.53. The smallest absolute Gasteiger partial charge is 0.0397 e. The quantitative estimate of drug-likeness (QED) is 0.650. The molecule has 0 aromatic rings. The van der Waals surface area contributed by atoms with Gasteiger partial charge in [-0.05, 0) is 48.3 Å². The van der Waals surface area contributed by atoms with E-state index in [9.17, 15) is 0 Å². The number of hydrogen-bond acceptors (Lipinski definition) is 1. The van der Waals surface area contributed by atoms with Gasteiger partial charge in [0, 0.05) is 18.0 Å². The predicted octanol–water partition coefficient (Wildman–Crippen LogP) is 5.09. The number of allylic oxidation sites excluding steroid dienone is 1. The Bertz CT molecular complexity index is 400. The van der Waals surface area contributed by atoms with E-state index in [-0.39, 0.29) is 0 Å². The van der Waals surface area contributed by atoms with Gasteiger partial charge in [0.15, 0.2) is 0 Å². The minimum Gasteiger partial charge on any atom is -0.307 e. The predicted molar refractivity (Wildman–Crippen MR) is 88.8 cm³/mol. The van der Waals surface area contributed by atoms with Gasteiger partial charge in [-0.25, -0.2) is 0 Å². The first-order valence-electron chi connectivity index (χ1n) is 8.80. The van der Waals surface area contributed by atoms with Crippen molar-refractivity contribution in [1.82, 2.24) is 5.32 Å². The molecule has 20 heavy (non-hydrogen) atoms. The Balaban J connectivity index is 2.05. The summed E-state index contributed by atoms with van der Waals surface area (Å²) >= 11 is 0. The fraction of sp³-hybridized carbons (Fsp3) is 0.789. The molecule has 4 unspecified atom stereocenters. The van der Waals surface area contributed by atoms with Crippen LogP contribution in [-0.4, -0.2) is 12.1 Å². The van der Waals surface area contributed by atoms with E-state index >= 15 is 0 Å². The van der Waals surface area contributed by atoms with Gasteiger partial charge < -0.3 is 5.32 Å². The van der Waals surface area contributed by atoms with Crippen molar-refractivity contribution < 1.29 is 0 Å². The molecule has 1 heteroatoms. The molecule has 0 amide bonds. The molecule has 0 aliphatic heterocycles. The zero-order valence-electron chi connectivity index (χ0n) is 14.3. The monoisotopic (exact) mass is 275 g/mol. The molecular weight excluding hydrogens is 242 g/mol. The van der Waals surface area contributed by atoms with Crippen LogP contribution in [0.3, 0.4) is 0 Å². The molecular formula is C19H33N. The molecule has 2 aliphatic carbocycles. The molecule has 0 radical (unpaired) electrons. The molecule has 0 spiro atoms. The van der Waals surface area contributed by atoms with Crippen LogP contribution in [0.15, 0.2) is 22.8 Å². The Kier molecular flexibility index (Phi) is 5.12. The molecule has 0 saturated heterocycles. The Hall–Kier alpha value is -0.560. The lowest BCUT2D eigenvalue weighted by Gasteiger charge is -2.51. The average Bonchev–Trinajstić information content (AvgIpc) is 2.42. The lowest BCUT2D eigenvalue weighted by atomic mass is 9.58. The highest BCUT2D eigenvalue weighted by Gasteiger charge is 2.46. The van der Waals surface area contributed by atoms with Crippen LogP contribution in [0.25, 0.3) is 0 Å². The fourth-order valence-corrected chi connectivity index (χ4v) is 4.07. The van der Waals surface area contributed by atoms with Gasteiger partial charge in [-0.1, -0.05) is 53.5 Å². The van der Waals surface area contributed by atoms with Crippen LogP contribution in [-0.2, 0) is 0 Å². The molecule has 0 saturated carbocycles. The molecule has 2 aliphatic rings. The molecule has 0 fully saturated rings. The Morgan fingerprint density at radius 3 is 2.20 bits per heavy atom. The van der Waals surface area contributed by atoms with Gasteiger partial charge in [-0.3, -0.25) is 0 Å². The van der Waals surface area contributed by atoms with Crippen molar-refractivity contribution in [3.8, 4) is 0 Å². The van der Waals surface area contributed by atoms with Gasteiger partial charge in [0.25, 0.3) is 0 Å². The summed E-state index contributed by atoms with van der Waals surface area (Å²) in [7, 11) is 0. The van der Waals surface area contributed by atoms with Gasteiger partial charge in [0.05, 0.1) is 0 Å². The largest absolute Gasteiger partial charge is 0.307 e. The van der Waals surface area contributed by atoms with Crippen LogP contribution < -0.4 is 5.32 Å². The third-order valence-corrected chi connectivity index (χ3v) is 5.81. The maximum Gasteiger partial charge on any atom is 0.0397 e. The summed E-state index contributed by atoms with van der Waals surface area (Å²) in [6.45, 7) is 14.0. The van der Waals surface area contributed by atoms with Crippen LogP contribution in [0, 0.1) is 17.8 Å². The summed E-state index contributed by atoms with van der Waals surface area (Å²) in [4.78, 5) is 0. The van der Waals surface area contributed by atoms with Gasteiger partial charge in [0.1, 0.15) is 0 Å². The summed E-state index contributed by atoms with van der Waals surface area (Å²) in [5, 5.41) is 3.86. The molecule has 0 aromatic carbocycles. The van der Waals surface area contributed by atoms with E-state index in [1.165, 1.54) is 25.7 Å². The van der Waals surface area contributed by atoms with E-state index in [1.807, 2.05) is 0 Å². The van der Waals surface area contributed by atoms with E-state index in [2.05, 4.69) is 52.9 Å². The molecule has 4 atom stereocenters. The molecule has 0 bridgehead atoms. The summed E-state index contributed by atoms with van der Waals surface area (Å²) < 4.78 is 0. The zero-order chi connectivity index (χ0) is 14.9. The minimum atomic E-state index is 0.633. The maximum absolute atomic E-state index is 3.86. The highest BCUT2D eigenvalue weighted by atomic mass is 15.0. The maximum atomic E-state index is 3.86. The van der Waals surface area contributed by atoms with Crippen molar-refractivity contribution in [2.75, 3.05) is 0 Å². The van der Waals surface area contributed by atoms with Crippen molar-refractivity contribution in [2.45, 2.75) is 79.3 Å². The van der Waals surface area contributed by atoms with Crippen LogP contribution in [0.5, 0.6) is 0 Å². The Morgan fingerprint density at radius 1 is 1.05 bits per heavy atom. The van der Waals surface area contributed by atoms with Crippen molar-refractivity contribution in [2.24, 2.45) is 17.8 Å². The van der Waals surface area contributed by atoms with E-state index in [0.29, 0.717) is 12.1 Å². The van der Waals surface area contributed by atoms with Crippen LogP contribution in [0.2, 0.25) is 0 Å². The van der Waals surface area contributed by atoms with Crippen molar-refractivity contribution >= 4 is 0 Å². The molecule has 1 N–H and O–H groups in total. The van der Waals surface area contributed by atoms with Crippen molar-refractivity contribution in [3.05, 3.63) is 22.8 Å². The van der Waals surface area contributed by atoms with Crippen LogP contribution in [0.1, 0.15) is 67.2 Å². The number of hydrogen-bond donors (Lipinski definition) is 1. The van der Waals surface area contributed by atoms with Gasteiger partial charge in [-0.2, -0.15) is 0 Å². The van der Waals surface area contributed by atoms with Gasteiger partial charge in [0.2, 0.25) is 0 Å². The minimum absolute atomic E-state index is 0.633. The van der Waals surface area contributed by atoms with E-state index < -0.39 is 0 Å². The SMILES string of the molecule is CCC(C)NC1C2=C(C=C2C(C)C(CC)CC)C1CC. The van der Waals surface area contributed by atoms with Crippen molar-refractivity contribution in [3.63, 3.8) is 0 Å². The first-order valence-corrected chi connectivity index (χ1v) is 8.80. The Labute approximate surface area is 125 Å². The summed E-state index contributed by atoms with van der Waals surface area (Å²) in [6, 6.07) is 1.27. The van der Waals surface area contributed by atoms with Crippen molar-refractivity contribution in [1.29, 1.82) is 0 Å². The standard InChI is InChI=1S/C19H33N/c1-7-12(5)20-19-15(10-4)17-11-16(18(17)19)13(6)14(8-2)9-3/h11-15,19-20H,7-10H2,1-6H3. The molecule has 1 nitrogen and oxygen atoms in total. The summed E-state index contributed by atoms with van der Waals surface area (Å²) in [5.41, 5.74) is 5.02. The number of rotatable bonds is 8. The third-order valence-electron chi connectivity index (χ3n) is 5.81. The lowest BCUT2D eigenvalue weighted by molar-refractivity contribution is 0.311. The summed E-state index contributed by atoms with van der Waals surface area (Å²) in [5.74, 6) is 2.36. The topological polar surface area (TPSA) is 12.0 Å². The second-order valence-corrected chi connectivity index (χ2v) is 6.80. The second-order valence-electron chi connectivity index (χ2n) is 6.80. The first kappa shape index (κ1) is 15.8. The summed E-state index contributed by atoms with van der Waals surface area (Å²) in [6.07, 6.45) is 7.62. The highest BCUT2D eigenvalue weighted by molar-refractivity contribution is 5.64. The van der Waals surface area contributed by atoms with E-state index in [1.54, 1.807) is 16.7 Å². The second kappa shape index (κ2) is 6.47. The zero-order valence-corrected chi connectivity index (χ0v) is 14.3. The fourth-order valence-electron chi connectivity index (χ4n) is 4.07. The highest BCUT2D eigenvalue weighted by Crippen LogP contribution is 2.53. The average molecular weight is 275 g/mol. The molecule has 114 valence electrons. The van der Waals surface area contributed by atoms with E-state index in [4.69, 9.17) is 0 Å². The first-order chi connectivity index (χ1) is 9.58. The molecule has 0 heterocycles. The Morgan fingerprint density at radius 2 is 1.70 bits per heavy atom. The third kappa shape index (κ3) is 2.50. The van der Waals surface area contributed by atoms with Gasteiger partial charge in [-0.15, -0.1) is 0 Å². The normalized spacial score (nSPS) is 27.6. The van der Waals surface area contributed by atoms with Crippen LogP contribution in [0.4, 0.5) is 0 Å². The number of nitrogens with one attached hydrogen (secondary N) is 1. The van der Waals surface area contributed by atoms with Crippen LogP contribution >= 0.6 is 0 Å². The molecule has 0 aromatic heterocycles. The van der Waals surface area contributed by atoms with Gasteiger partial charge >= 0.3 is 0 Å².